The summed E-state index contributed by atoms with van der Waals surface area (Å²) in [5, 5.41) is 8.69. The average Bonchev–Trinajstić information content (AvgIpc) is 3.28. The summed E-state index contributed by atoms with van der Waals surface area (Å²) in [6.07, 6.45) is 0. The van der Waals surface area contributed by atoms with Gasteiger partial charge in [0.15, 0.2) is 11.5 Å². The van der Waals surface area contributed by atoms with Crippen LogP contribution in [0, 0.1) is 6.92 Å². The lowest BCUT2D eigenvalue weighted by Gasteiger charge is -2.22. The SMILES string of the molecule is Cc1ccc([C@H](CNC(=O)c2cc(-c3cccs3)on2)N(C)C)o1. The van der Waals surface area contributed by atoms with Crippen molar-refractivity contribution in [3.8, 4) is 10.6 Å². The first-order valence-corrected chi connectivity index (χ1v) is 8.44. The molecule has 1 amide bonds. The molecule has 3 aromatic rings. The highest BCUT2D eigenvalue weighted by atomic mass is 32.1. The van der Waals surface area contributed by atoms with Crippen LogP contribution in [0.5, 0.6) is 0 Å². The first kappa shape index (κ1) is 16.5. The molecule has 0 saturated carbocycles. The number of nitrogens with zero attached hydrogens (tertiary/aromatic N) is 2. The van der Waals surface area contributed by atoms with Gasteiger partial charge < -0.3 is 14.3 Å². The van der Waals surface area contributed by atoms with Crippen LogP contribution in [-0.2, 0) is 0 Å². The number of hydrogen-bond acceptors (Lipinski definition) is 6. The zero-order valence-electron chi connectivity index (χ0n) is 13.8. The first-order valence-electron chi connectivity index (χ1n) is 7.56. The zero-order valence-corrected chi connectivity index (χ0v) is 14.6. The fourth-order valence-corrected chi connectivity index (χ4v) is 3.04. The van der Waals surface area contributed by atoms with E-state index in [0.29, 0.717) is 12.3 Å². The molecule has 0 aliphatic heterocycles. The number of thiophene rings is 1. The maximum absolute atomic E-state index is 12.3. The van der Waals surface area contributed by atoms with E-state index >= 15 is 0 Å². The van der Waals surface area contributed by atoms with Gasteiger partial charge in [-0.1, -0.05) is 11.2 Å². The number of furan rings is 1. The standard InChI is InChI=1S/C17H19N3O3S/c1-11-6-7-14(22-11)13(20(2)3)10-18-17(21)12-9-15(23-19-12)16-5-4-8-24-16/h4-9,13H,10H2,1-3H3,(H,18,21)/t13-/m0/s1. The van der Waals surface area contributed by atoms with Gasteiger partial charge in [0.1, 0.15) is 11.5 Å². The number of aromatic nitrogens is 1. The lowest BCUT2D eigenvalue weighted by atomic mass is 10.2. The van der Waals surface area contributed by atoms with Gasteiger partial charge in [0, 0.05) is 12.6 Å². The number of rotatable bonds is 6. The van der Waals surface area contributed by atoms with Crippen molar-refractivity contribution >= 4 is 17.2 Å². The molecule has 0 aliphatic rings. The van der Waals surface area contributed by atoms with Crippen LogP contribution in [-0.4, -0.2) is 36.6 Å². The topological polar surface area (TPSA) is 71.5 Å². The number of amides is 1. The second-order valence-corrected chi connectivity index (χ2v) is 6.64. The average molecular weight is 345 g/mol. The van der Waals surface area contributed by atoms with Crippen LogP contribution in [0.25, 0.3) is 10.6 Å². The fraction of sp³-hybridized carbons (Fsp3) is 0.294. The molecule has 0 saturated heterocycles. The van der Waals surface area contributed by atoms with Crippen molar-refractivity contribution in [2.75, 3.05) is 20.6 Å². The normalized spacial score (nSPS) is 12.5. The molecule has 0 spiro atoms. The van der Waals surface area contributed by atoms with Gasteiger partial charge in [0.25, 0.3) is 5.91 Å². The van der Waals surface area contributed by atoms with Crippen molar-refractivity contribution in [3.63, 3.8) is 0 Å². The van der Waals surface area contributed by atoms with Gasteiger partial charge in [-0.05, 0) is 44.6 Å². The molecule has 3 rings (SSSR count). The Morgan fingerprint density at radius 3 is 2.83 bits per heavy atom. The Hall–Kier alpha value is -2.38. The van der Waals surface area contributed by atoms with Crippen LogP contribution < -0.4 is 5.32 Å². The summed E-state index contributed by atoms with van der Waals surface area (Å²) < 4.78 is 10.9. The molecule has 3 heterocycles. The van der Waals surface area contributed by atoms with Crippen LogP contribution in [0.15, 0.2) is 44.7 Å². The summed E-state index contributed by atoms with van der Waals surface area (Å²) in [6.45, 7) is 2.32. The second kappa shape index (κ2) is 7.02. The Morgan fingerprint density at radius 2 is 2.21 bits per heavy atom. The van der Waals surface area contributed by atoms with E-state index < -0.39 is 0 Å². The maximum Gasteiger partial charge on any atom is 0.273 e. The molecule has 0 bridgehead atoms. The highest BCUT2D eigenvalue weighted by molar-refractivity contribution is 7.13. The molecule has 1 N–H and O–H groups in total. The predicted octanol–water partition coefficient (Wildman–Crippen LogP) is 3.34. The fourth-order valence-electron chi connectivity index (χ4n) is 2.37. The van der Waals surface area contributed by atoms with E-state index in [0.717, 1.165) is 16.4 Å². The Kier molecular flexibility index (Phi) is 4.82. The molecule has 0 fully saturated rings. The van der Waals surface area contributed by atoms with E-state index in [2.05, 4.69) is 10.5 Å². The monoisotopic (exact) mass is 345 g/mol. The highest BCUT2D eigenvalue weighted by Gasteiger charge is 2.20. The Balaban J connectivity index is 1.66. The maximum atomic E-state index is 12.3. The summed E-state index contributed by atoms with van der Waals surface area (Å²) >= 11 is 1.54. The molecule has 24 heavy (non-hydrogen) atoms. The molecule has 6 nitrogen and oxygen atoms in total. The largest absolute Gasteiger partial charge is 0.465 e. The number of aryl methyl sites for hydroxylation is 1. The number of carbonyl (C=O) groups excluding carboxylic acids is 1. The molecule has 0 aliphatic carbocycles. The van der Waals surface area contributed by atoms with Gasteiger partial charge >= 0.3 is 0 Å². The molecule has 1 atom stereocenters. The number of carbonyl (C=O) groups is 1. The minimum atomic E-state index is -0.267. The lowest BCUT2D eigenvalue weighted by molar-refractivity contribution is 0.0930. The molecule has 0 unspecified atom stereocenters. The Bertz CT molecular complexity index is 805. The van der Waals surface area contributed by atoms with Crippen molar-refractivity contribution in [2.45, 2.75) is 13.0 Å². The van der Waals surface area contributed by atoms with E-state index in [1.54, 1.807) is 6.07 Å². The Labute approximate surface area is 144 Å². The first-order chi connectivity index (χ1) is 11.5. The molecular formula is C17H19N3O3S. The summed E-state index contributed by atoms with van der Waals surface area (Å²) in [4.78, 5) is 15.3. The highest BCUT2D eigenvalue weighted by Crippen LogP contribution is 2.25. The third-order valence-corrected chi connectivity index (χ3v) is 4.56. The van der Waals surface area contributed by atoms with Crippen LogP contribution in [0.1, 0.15) is 28.1 Å². The van der Waals surface area contributed by atoms with Gasteiger partial charge in [-0.2, -0.15) is 0 Å². The van der Waals surface area contributed by atoms with Gasteiger partial charge in [-0.3, -0.25) is 9.69 Å². The van der Waals surface area contributed by atoms with Crippen LogP contribution in [0.4, 0.5) is 0 Å². The minimum absolute atomic E-state index is 0.0497. The van der Waals surface area contributed by atoms with E-state index in [4.69, 9.17) is 8.94 Å². The van der Waals surface area contributed by atoms with Crippen LogP contribution in [0.2, 0.25) is 0 Å². The van der Waals surface area contributed by atoms with E-state index in [1.165, 1.54) is 11.3 Å². The number of nitrogens with one attached hydrogen (secondary N) is 1. The van der Waals surface area contributed by atoms with E-state index in [1.807, 2.05) is 55.6 Å². The summed E-state index contributed by atoms with van der Waals surface area (Å²) in [6, 6.07) is 9.30. The van der Waals surface area contributed by atoms with Crippen LogP contribution >= 0.6 is 11.3 Å². The molecule has 0 aromatic carbocycles. The quantitative estimate of drug-likeness (QED) is 0.742. The van der Waals surface area contributed by atoms with Gasteiger partial charge in [0.05, 0.1) is 10.9 Å². The lowest BCUT2D eigenvalue weighted by Crippen LogP contribution is -2.34. The van der Waals surface area contributed by atoms with Crippen molar-refractivity contribution < 1.29 is 13.7 Å². The summed E-state index contributed by atoms with van der Waals surface area (Å²) in [5.74, 6) is 2.00. The van der Waals surface area contributed by atoms with E-state index in [-0.39, 0.29) is 17.6 Å². The Morgan fingerprint density at radius 1 is 1.38 bits per heavy atom. The number of likely N-dealkylation sites (N-methyl/N-ethyl adjacent to an activating group) is 1. The molecular weight excluding hydrogens is 326 g/mol. The molecule has 3 aromatic heterocycles. The van der Waals surface area contributed by atoms with Crippen molar-refractivity contribution in [1.82, 2.24) is 15.4 Å². The third kappa shape index (κ3) is 3.58. The predicted molar refractivity (Wildman–Crippen MR) is 92.0 cm³/mol. The summed E-state index contributed by atoms with van der Waals surface area (Å²) in [7, 11) is 3.89. The van der Waals surface area contributed by atoms with Crippen molar-refractivity contribution in [1.29, 1.82) is 0 Å². The smallest absolute Gasteiger partial charge is 0.273 e. The molecule has 0 radical (unpaired) electrons. The van der Waals surface area contributed by atoms with Crippen molar-refractivity contribution in [2.24, 2.45) is 0 Å². The van der Waals surface area contributed by atoms with E-state index in [9.17, 15) is 4.79 Å². The molecule has 7 heteroatoms. The van der Waals surface area contributed by atoms with Crippen molar-refractivity contribution in [3.05, 3.63) is 52.9 Å². The zero-order chi connectivity index (χ0) is 17.1. The van der Waals surface area contributed by atoms with Crippen LogP contribution in [0.3, 0.4) is 0 Å². The third-order valence-electron chi connectivity index (χ3n) is 3.68. The number of hydrogen-bond donors (Lipinski definition) is 1. The van der Waals surface area contributed by atoms with Gasteiger partial charge in [0.2, 0.25) is 0 Å². The summed E-state index contributed by atoms with van der Waals surface area (Å²) in [5.41, 5.74) is 0.270. The molecule has 126 valence electrons. The van der Waals surface area contributed by atoms with Gasteiger partial charge in [-0.25, -0.2) is 0 Å². The second-order valence-electron chi connectivity index (χ2n) is 5.69. The van der Waals surface area contributed by atoms with Gasteiger partial charge in [-0.15, -0.1) is 11.3 Å². The minimum Gasteiger partial charge on any atom is -0.465 e.